The Hall–Kier alpha value is -0.980. The fourth-order valence-electron chi connectivity index (χ4n) is 0.966. The highest BCUT2D eigenvalue weighted by atomic mass is 79.9. The van der Waals surface area contributed by atoms with Gasteiger partial charge in [-0.3, -0.25) is 0 Å². The number of hydrogen-bond acceptors (Lipinski definition) is 2. The van der Waals surface area contributed by atoms with E-state index in [0.717, 1.165) is 10.0 Å². The van der Waals surface area contributed by atoms with Crippen LogP contribution in [0.25, 0.3) is 0 Å². The van der Waals surface area contributed by atoms with Crippen molar-refractivity contribution >= 4 is 15.9 Å². The lowest BCUT2D eigenvalue weighted by Crippen LogP contribution is -2.13. The third-order valence-corrected chi connectivity index (χ3v) is 2.35. The number of nitrogens with one attached hydrogen (secondary N) is 1. The smallest absolute Gasteiger partial charge is 0.115 e. The van der Waals surface area contributed by atoms with Crippen molar-refractivity contribution in [2.75, 3.05) is 6.54 Å². The zero-order chi connectivity index (χ0) is 9.68. The molecule has 2 N–H and O–H groups in total. The van der Waals surface area contributed by atoms with Gasteiger partial charge in [-0.1, -0.05) is 21.9 Å². The summed E-state index contributed by atoms with van der Waals surface area (Å²) in [6.07, 6.45) is 5.09. The molecule has 0 spiro atoms. The second-order valence-electron chi connectivity index (χ2n) is 2.58. The molecule has 68 valence electrons. The van der Waals surface area contributed by atoms with Gasteiger partial charge < -0.3 is 10.4 Å². The number of terminal acetylenes is 1. The number of benzene rings is 1. The summed E-state index contributed by atoms with van der Waals surface area (Å²) in [7, 11) is 0. The van der Waals surface area contributed by atoms with E-state index in [4.69, 9.17) is 6.42 Å². The second kappa shape index (κ2) is 4.90. The Morgan fingerprint density at radius 2 is 2.31 bits per heavy atom. The third-order valence-electron chi connectivity index (χ3n) is 1.57. The average Bonchev–Trinajstić information content (AvgIpc) is 2.11. The first-order valence-corrected chi connectivity index (χ1v) is 4.65. The molecular weight excluding hydrogens is 230 g/mol. The van der Waals surface area contributed by atoms with Gasteiger partial charge >= 0.3 is 0 Å². The summed E-state index contributed by atoms with van der Waals surface area (Å²) in [4.78, 5) is 0. The molecule has 0 bridgehead atoms. The van der Waals surface area contributed by atoms with Crippen molar-refractivity contribution in [1.29, 1.82) is 0 Å². The monoisotopic (exact) mass is 239 g/mol. The summed E-state index contributed by atoms with van der Waals surface area (Å²) in [5, 5.41) is 12.2. The van der Waals surface area contributed by atoms with Crippen LogP contribution in [0.1, 0.15) is 5.56 Å². The molecule has 0 fully saturated rings. The first kappa shape index (κ1) is 10.1. The van der Waals surface area contributed by atoms with E-state index in [9.17, 15) is 5.11 Å². The van der Waals surface area contributed by atoms with Gasteiger partial charge in [0.2, 0.25) is 0 Å². The van der Waals surface area contributed by atoms with Crippen molar-refractivity contribution in [2.45, 2.75) is 6.54 Å². The molecule has 3 heteroatoms. The number of phenolic OH excluding ortho intramolecular Hbond substituents is 1. The van der Waals surface area contributed by atoms with E-state index < -0.39 is 0 Å². The Kier molecular flexibility index (Phi) is 3.81. The molecule has 1 aromatic rings. The van der Waals surface area contributed by atoms with Crippen molar-refractivity contribution < 1.29 is 5.11 Å². The molecule has 1 aromatic carbocycles. The molecule has 0 unspecified atom stereocenters. The summed E-state index contributed by atoms with van der Waals surface area (Å²) in [5.74, 6) is 2.75. The van der Waals surface area contributed by atoms with E-state index in [1.807, 2.05) is 6.07 Å². The van der Waals surface area contributed by atoms with Gasteiger partial charge in [-0.25, -0.2) is 0 Å². The maximum Gasteiger partial charge on any atom is 0.115 e. The van der Waals surface area contributed by atoms with Crippen LogP contribution in [0.5, 0.6) is 5.75 Å². The van der Waals surface area contributed by atoms with Gasteiger partial charge in [-0.05, 0) is 23.8 Å². The standard InChI is InChI=1S/C10H10BrNO/c1-2-5-12-7-8-6-9(13)3-4-10(8)11/h1,3-4,6,12-13H,5,7H2. The van der Waals surface area contributed by atoms with E-state index in [1.165, 1.54) is 0 Å². The molecule has 0 aliphatic carbocycles. The number of rotatable bonds is 3. The molecule has 2 nitrogen and oxygen atoms in total. The van der Waals surface area contributed by atoms with Crippen LogP contribution in [-0.2, 0) is 6.54 Å². The fraction of sp³-hybridized carbons (Fsp3) is 0.200. The molecule has 0 aliphatic rings. The Bertz CT molecular complexity index is 330. The van der Waals surface area contributed by atoms with Crippen molar-refractivity contribution in [3.63, 3.8) is 0 Å². The maximum atomic E-state index is 9.21. The van der Waals surface area contributed by atoms with Gasteiger partial charge in [0, 0.05) is 11.0 Å². The summed E-state index contributed by atoms with van der Waals surface area (Å²) >= 11 is 3.38. The van der Waals surface area contributed by atoms with Crippen molar-refractivity contribution in [2.24, 2.45) is 0 Å². The predicted octanol–water partition coefficient (Wildman–Crippen LogP) is 1.88. The van der Waals surface area contributed by atoms with Gasteiger partial charge in [-0.2, -0.15) is 0 Å². The van der Waals surface area contributed by atoms with Gasteiger partial charge in [0.1, 0.15) is 5.75 Å². The molecule has 0 radical (unpaired) electrons. The molecule has 1 rings (SSSR count). The summed E-state index contributed by atoms with van der Waals surface area (Å²) < 4.78 is 0.967. The van der Waals surface area contributed by atoms with Gasteiger partial charge in [0.15, 0.2) is 0 Å². The highest BCUT2D eigenvalue weighted by Gasteiger charge is 1.99. The molecule has 0 atom stereocenters. The molecule has 0 saturated heterocycles. The number of hydrogen-bond donors (Lipinski definition) is 2. The summed E-state index contributed by atoms with van der Waals surface area (Å²) in [6.45, 7) is 1.18. The molecule has 0 aromatic heterocycles. The van der Waals surface area contributed by atoms with Crippen LogP contribution in [0.3, 0.4) is 0 Å². The Balaban J connectivity index is 2.65. The Labute approximate surface area is 86.1 Å². The van der Waals surface area contributed by atoms with E-state index in [1.54, 1.807) is 12.1 Å². The summed E-state index contributed by atoms with van der Waals surface area (Å²) in [6, 6.07) is 5.14. The van der Waals surface area contributed by atoms with Crippen LogP contribution in [0.15, 0.2) is 22.7 Å². The van der Waals surface area contributed by atoms with Crippen LogP contribution < -0.4 is 5.32 Å². The van der Waals surface area contributed by atoms with Crippen molar-refractivity contribution in [1.82, 2.24) is 5.32 Å². The van der Waals surface area contributed by atoms with E-state index in [2.05, 4.69) is 27.2 Å². The molecule has 13 heavy (non-hydrogen) atoms. The van der Waals surface area contributed by atoms with Crippen LogP contribution in [0, 0.1) is 12.3 Å². The normalized spacial score (nSPS) is 9.54. The SMILES string of the molecule is C#CCNCc1cc(O)ccc1Br. The first-order chi connectivity index (χ1) is 6.24. The maximum absolute atomic E-state index is 9.21. The molecular formula is C10H10BrNO. The zero-order valence-electron chi connectivity index (χ0n) is 7.05. The number of halogens is 1. The highest BCUT2D eigenvalue weighted by Crippen LogP contribution is 2.21. The quantitative estimate of drug-likeness (QED) is 0.624. The summed E-state index contributed by atoms with van der Waals surface area (Å²) in [5.41, 5.74) is 0.996. The minimum Gasteiger partial charge on any atom is -0.508 e. The third kappa shape index (κ3) is 3.10. The van der Waals surface area contributed by atoms with E-state index >= 15 is 0 Å². The van der Waals surface area contributed by atoms with Gasteiger partial charge in [0.25, 0.3) is 0 Å². The van der Waals surface area contributed by atoms with Crippen LogP contribution >= 0.6 is 15.9 Å². The lowest BCUT2D eigenvalue weighted by Gasteiger charge is -2.04. The number of aromatic hydroxyl groups is 1. The van der Waals surface area contributed by atoms with Crippen LogP contribution in [0.2, 0.25) is 0 Å². The largest absolute Gasteiger partial charge is 0.508 e. The van der Waals surface area contributed by atoms with Crippen molar-refractivity contribution in [3.8, 4) is 18.1 Å². The minimum absolute atomic E-state index is 0.265. The Morgan fingerprint density at radius 3 is 3.00 bits per heavy atom. The lowest BCUT2D eigenvalue weighted by molar-refractivity contribution is 0.474. The number of phenols is 1. The molecule has 0 saturated carbocycles. The van der Waals surface area contributed by atoms with Gasteiger partial charge in [-0.15, -0.1) is 6.42 Å². The van der Waals surface area contributed by atoms with E-state index in [-0.39, 0.29) is 5.75 Å². The topological polar surface area (TPSA) is 32.3 Å². The highest BCUT2D eigenvalue weighted by molar-refractivity contribution is 9.10. The first-order valence-electron chi connectivity index (χ1n) is 3.85. The average molecular weight is 240 g/mol. The Morgan fingerprint density at radius 1 is 1.54 bits per heavy atom. The predicted molar refractivity (Wildman–Crippen MR) is 56.3 cm³/mol. The second-order valence-corrected chi connectivity index (χ2v) is 3.44. The minimum atomic E-state index is 0.265. The molecule has 0 amide bonds. The van der Waals surface area contributed by atoms with Crippen molar-refractivity contribution in [3.05, 3.63) is 28.2 Å². The van der Waals surface area contributed by atoms with E-state index in [0.29, 0.717) is 13.1 Å². The zero-order valence-corrected chi connectivity index (χ0v) is 8.63. The molecule has 0 heterocycles. The fourth-order valence-corrected chi connectivity index (χ4v) is 1.35. The lowest BCUT2D eigenvalue weighted by atomic mass is 10.2. The van der Waals surface area contributed by atoms with Crippen LogP contribution in [0.4, 0.5) is 0 Å². The van der Waals surface area contributed by atoms with Gasteiger partial charge in [0.05, 0.1) is 6.54 Å². The molecule has 0 aliphatic heterocycles. The van der Waals surface area contributed by atoms with Crippen LogP contribution in [-0.4, -0.2) is 11.7 Å².